The first-order valence-corrected chi connectivity index (χ1v) is 6.37. The van der Waals surface area contributed by atoms with Crippen LogP contribution in [0.3, 0.4) is 0 Å². The fraction of sp³-hybridized carbons (Fsp3) is 0.615. The van der Waals surface area contributed by atoms with E-state index in [-0.39, 0.29) is 6.61 Å². The number of aliphatic hydroxyl groups excluding tert-OH is 1. The van der Waals surface area contributed by atoms with Crippen molar-refractivity contribution in [3.05, 3.63) is 18.2 Å². The molecule has 0 amide bonds. The molecule has 102 valence electrons. The third-order valence-electron chi connectivity index (χ3n) is 2.55. The second-order valence-corrected chi connectivity index (χ2v) is 4.01. The molecule has 0 aliphatic heterocycles. The Hall–Kier alpha value is -1.33. The van der Waals surface area contributed by atoms with E-state index in [1.165, 1.54) is 0 Å². The van der Waals surface area contributed by atoms with E-state index in [0.29, 0.717) is 13.2 Å². The normalized spacial score (nSPS) is 10.4. The molecule has 5 heteroatoms. The predicted molar refractivity (Wildman–Crippen MR) is 74.2 cm³/mol. The van der Waals surface area contributed by atoms with Crippen LogP contribution in [0, 0.1) is 0 Å². The van der Waals surface area contributed by atoms with E-state index in [4.69, 9.17) is 9.84 Å². The number of aliphatic hydroxyl groups is 1. The quantitative estimate of drug-likeness (QED) is 0.695. The zero-order chi connectivity index (χ0) is 13.2. The van der Waals surface area contributed by atoms with Crippen molar-refractivity contribution >= 4 is 11.6 Å². The molecule has 0 bridgehead atoms. The third kappa shape index (κ3) is 4.89. The highest BCUT2D eigenvalue weighted by atomic mass is 16.5. The molecule has 5 nitrogen and oxygen atoms in total. The maximum Gasteiger partial charge on any atom is 0.131 e. The molecule has 2 N–H and O–H groups in total. The van der Waals surface area contributed by atoms with Crippen molar-refractivity contribution in [1.29, 1.82) is 0 Å². The molecule has 1 heterocycles. The third-order valence-corrected chi connectivity index (χ3v) is 2.55. The van der Waals surface area contributed by atoms with Gasteiger partial charge >= 0.3 is 0 Å². The van der Waals surface area contributed by atoms with Crippen LogP contribution in [-0.2, 0) is 4.74 Å². The molecule has 1 aromatic heterocycles. The van der Waals surface area contributed by atoms with Gasteiger partial charge in [0.05, 0.1) is 13.2 Å². The largest absolute Gasteiger partial charge is 0.395 e. The molecule has 0 aliphatic rings. The number of nitrogens with zero attached hydrogens (tertiary/aromatic N) is 2. The molecular weight excluding hydrogens is 230 g/mol. The van der Waals surface area contributed by atoms with Gasteiger partial charge in [-0.05, 0) is 18.6 Å². The molecule has 0 saturated carbocycles. The number of anilines is 2. The van der Waals surface area contributed by atoms with E-state index in [1.54, 1.807) is 7.11 Å². The zero-order valence-corrected chi connectivity index (χ0v) is 11.2. The molecule has 1 aromatic rings. The topological polar surface area (TPSA) is 57.6 Å². The number of nitrogens with one attached hydrogen (secondary N) is 1. The molecule has 0 saturated heterocycles. The van der Waals surface area contributed by atoms with Gasteiger partial charge in [-0.1, -0.05) is 13.0 Å². The molecule has 0 spiro atoms. The Morgan fingerprint density at radius 3 is 2.89 bits per heavy atom. The molecule has 0 fully saturated rings. The smallest absolute Gasteiger partial charge is 0.131 e. The number of ether oxygens (including phenoxy) is 1. The summed E-state index contributed by atoms with van der Waals surface area (Å²) in [5.74, 6) is 1.73. The Balaban J connectivity index is 2.70. The van der Waals surface area contributed by atoms with Gasteiger partial charge in [0.25, 0.3) is 0 Å². The molecule has 18 heavy (non-hydrogen) atoms. The van der Waals surface area contributed by atoms with Crippen LogP contribution in [0.15, 0.2) is 18.2 Å². The number of hydrogen-bond acceptors (Lipinski definition) is 5. The van der Waals surface area contributed by atoms with Gasteiger partial charge in [-0.2, -0.15) is 0 Å². The van der Waals surface area contributed by atoms with Gasteiger partial charge in [-0.3, -0.25) is 0 Å². The molecule has 0 atom stereocenters. The van der Waals surface area contributed by atoms with Gasteiger partial charge in [-0.25, -0.2) is 4.98 Å². The van der Waals surface area contributed by atoms with E-state index >= 15 is 0 Å². The van der Waals surface area contributed by atoms with Crippen LogP contribution < -0.4 is 10.2 Å². The number of methoxy groups -OCH3 is 1. The fourth-order valence-electron chi connectivity index (χ4n) is 1.61. The van der Waals surface area contributed by atoms with Crippen LogP contribution in [0.4, 0.5) is 11.6 Å². The van der Waals surface area contributed by atoms with Gasteiger partial charge in [0.15, 0.2) is 0 Å². The minimum Gasteiger partial charge on any atom is -0.395 e. The summed E-state index contributed by atoms with van der Waals surface area (Å²) in [6.45, 7) is 5.04. The van der Waals surface area contributed by atoms with Crippen molar-refractivity contribution in [2.75, 3.05) is 50.2 Å². The number of hydrogen-bond donors (Lipinski definition) is 2. The molecule has 1 rings (SSSR count). The highest BCUT2D eigenvalue weighted by Crippen LogP contribution is 2.14. The summed E-state index contributed by atoms with van der Waals surface area (Å²) in [4.78, 5) is 6.54. The number of aromatic nitrogens is 1. The number of rotatable bonds is 9. The summed E-state index contributed by atoms with van der Waals surface area (Å²) in [6, 6.07) is 5.87. The molecule has 0 unspecified atom stereocenters. The summed E-state index contributed by atoms with van der Waals surface area (Å²) in [5, 5.41) is 12.3. The fourth-order valence-corrected chi connectivity index (χ4v) is 1.61. The summed E-state index contributed by atoms with van der Waals surface area (Å²) in [5.41, 5.74) is 0. The van der Waals surface area contributed by atoms with Crippen LogP contribution in [-0.4, -0.2) is 50.0 Å². The Bertz CT molecular complexity index is 334. The van der Waals surface area contributed by atoms with Crippen molar-refractivity contribution < 1.29 is 9.84 Å². The molecule has 0 aliphatic carbocycles. The highest BCUT2D eigenvalue weighted by molar-refractivity contribution is 5.47. The highest BCUT2D eigenvalue weighted by Gasteiger charge is 2.07. The van der Waals surface area contributed by atoms with Crippen LogP contribution in [0.2, 0.25) is 0 Å². The number of pyridine rings is 1. The molecule has 0 aromatic carbocycles. The minimum absolute atomic E-state index is 0.109. The standard InChI is InChI=1S/C13H23N3O2/c1-3-7-14-12-5-4-6-13(15-12)16(8-10-17)9-11-18-2/h4-6,17H,3,7-11H2,1-2H3,(H,14,15). The van der Waals surface area contributed by atoms with Gasteiger partial charge in [0, 0.05) is 26.7 Å². The minimum atomic E-state index is 0.109. The average molecular weight is 253 g/mol. The van der Waals surface area contributed by atoms with E-state index in [1.807, 2.05) is 23.1 Å². The first kappa shape index (κ1) is 14.7. The lowest BCUT2D eigenvalue weighted by Crippen LogP contribution is -2.31. The van der Waals surface area contributed by atoms with E-state index in [0.717, 1.165) is 31.1 Å². The predicted octanol–water partition coefficient (Wildman–Crippen LogP) is 1.35. The summed E-state index contributed by atoms with van der Waals surface area (Å²) in [6.07, 6.45) is 1.07. The lowest BCUT2D eigenvalue weighted by atomic mass is 10.3. The average Bonchev–Trinajstić information content (AvgIpc) is 2.41. The Kier molecular flexibility index (Phi) is 7.13. The van der Waals surface area contributed by atoms with Crippen LogP contribution in [0.25, 0.3) is 0 Å². The van der Waals surface area contributed by atoms with E-state index in [9.17, 15) is 0 Å². The second-order valence-electron chi connectivity index (χ2n) is 4.01. The van der Waals surface area contributed by atoms with Crippen molar-refractivity contribution in [2.45, 2.75) is 13.3 Å². The summed E-state index contributed by atoms with van der Waals surface area (Å²) in [7, 11) is 1.67. The Labute approximate surface area is 109 Å². The summed E-state index contributed by atoms with van der Waals surface area (Å²) < 4.78 is 5.07. The van der Waals surface area contributed by atoms with Gasteiger partial charge in [0.2, 0.25) is 0 Å². The van der Waals surface area contributed by atoms with Crippen LogP contribution in [0.1, 0.15) is 13.3 Å². The molecule has 0 radical (unpaired) electrons. The Morgan fingerprint density at radius 2 is 2.22 bits per heavy atom. The van der Waals surface area contributed by atoms with Crippen molar-refractivity contribution in [1.82, 2.24) is 4.98 Å². The summed E-state index contributed by atoms with van der Waals surface area (Å²) >= 11 is 0. The Morgan fingerprint density at radius 1 is 1.39 bits per heavy atom. The maximum atomic E-state index is 9.08. The van der Waals surface area contributed by atoms with Gasteiger partial charge < -0.3 is 20.1 Å². The first-order chi connectivity index (χ1) is 8.81. The van der Waals surface area contributed by atoms with Gasteiger partial charge in [0.1, 0.15) is 11.6 Å². The van der Waals surface area contributed by atoms with Gasteiger partial charge in [-0.15, -0.1) is 0 Å². The van der Waals surface area contributed by atoms with Crippen molar-refractivity contribution in [3.8, 4) is 0 Å². The SMILES string of the molecule is CCCNc1cccc(N(CCO)CCOC)n1. The van der Waals surface area contributed by atoms with Crippen LogP contribution in [0.5, 0.6) is 0 Å². The lowest BCUT2D eigenvalue weighted by molar-refractivity contribution is 0.202. The molecular formula is C13H23N3O2. The van der Waals surface area contributed by atoms with Crippen molar-refractivity contribution in [3.63, 3.8) is 0 Å². The first-order valence-electron chi connectivity index (χ1n) is 6.37. The second kappa shape index (κ2) is 8.72. The zero-order valence-electron chi connectivity index (χ0n) is 11.2. The maximum absolute atomic E-state index is 9.08. The van der Waals surface area contributed by atoms with E-state index < -0.39 is 0 Å². The van der Waals surface area contributed by atoms with Crippen molar-refractivity contribution in [2.24, 2.45) is 0 Å². The lowest BCUT2D eigenvalue weighted by Gasteiger charge is -2.22. The van der Waals surface area contributed by atoms with Crippen LogP contribution >= 0.6 is 0 Å². The monoisotopic (exact) mass is 253 g/mol. The van der Waals surface area contributed by atoms with E-state index in [2.05, 4.69) is 17.2 Å².